The quantitative estimate of drug-likeness (QED) is 0.887. The summed E-state index contributed by atoms with van der Waals surface area (Å²) in [5.74, 6) is 2.05. The van der Waals surface area contributed by atoms with E-state index in [9.17, 15) is 0 Å². The Morgan fingerprint density at radius 1 is 1.37 bits per heavy atom. The molecule has 0 radical (unpaired) electrons. The molecule has 0 saturated heterocycles. The van der Waals surface area contributed by atoms with Crippen molar-refractivity contribution in [1.82, 2.24) is 10.2 Å². The molecule has 0 aliphatic heterocycles. The molecule has 1 heterocycles. The van der Waals surface area contributed by atoms with Gasteiger partial charge in [0.05, 0.1) is 7.11 Å². The number of anilines is 1. The number of methoxy groups -OCH3 is 1. The molecular formula is C15H19N3O. The third-order valence-electron chi connectivity index (χ3n) is 4.04. The van der Waals surface area contributed by atoms with Crippen LogP contribution in [0, 0.1) is 6.92 Å². The first-order chi connectivity index (χ1) is 9.20. The number of nitrogens with one attached hydrogen (secondary N) is 1. The molecule has 19 heavy (non-hydrogen) atoms. The van der Waals surface area contributed by atoms with E-state index in [2.05, 4.69) is 23.2 Å². The Hall–Kier alpha value is -1.97. The summed E-state index contributed by atoms with van der Waals surface area (Å²) in [4.78, 5) is 0. The first kappa shape index (κ1) is 12.1. The second kappa shape index (κ2) is 4.61. The van der Waals surface area contributed by atoms with Gasteiger partial charge in [0.1, 0.15) is 5.75 Å². The first-order valence-corrected chi connectivity index (χ1v) is 6.69. The molecule has 1 aliphatic carbocycles. The van der Waals surface area contributed by atoms with E-state index < -0.39 is 0 Å². The normalized spacial score (nSPS) is 15.3. The highest BCUT2D eigenvalue weighted by atomic mass is 16.5. The van der Waals surface area contributed by atoms with Crippen molar-refractivity contribution in [2.75, 3.05) is 12.8 Å². The fourth-order valence-electron chi connectivity index (χ4n) is 2.69. The topological polar surface area (TPSA) is 63.9 Å². The van der Waals surface area contributed by atoms with Crippen LogP contribution >= 0.6 is 0 Å². The molecular weight excluding hydrogens is 238 g/mol. The van der Waals surface area contributed by atoms with Crippen LogP contribution in [0.15, 0.2) is 18.2 Å². The zero-order valence-electron chi connectivity index (χ0n) is 11.4. The average molecular weight is 257 g/mol. The Labute approximate surface area is 113 Å². The molecule has 0 unspecified atom stereocenters. The molecule has 4 nitrogen and oxygen atoms in total. The van der Waals surface area contributed by atoms with Crippen molar-refractivity contribution < 1.29 is 4.74 Å². The lowest BCUT2D eigenvalue weighted by molar-refractivity contribution is 0.411. The smallest absolute Gasteiger partial charge is 0.153 e. The molecule has 0 spiro atoms. The maximum absolute atomic E-state index is 6.06. The van der Waals surface area contributed by atoms with Crippen LogP contribution in [0.2, 0.25) is 0 Å². The summed E-state index contributed by atoms with van der Waals surface area (Å²) in [5.41, 5.74) is 10.6. The van der Waals surface area contributed by atoms with Gasteiger partial charge in [-0.3, -0.25) is 5.10 Å². The number of benzene rings is 1. The van der Waals surface area contributed by atoms with Crippen molar-refractivity contribution in [3.8, 4) is 16.9 Å². The Kier molecular flexibility index (Phi) is 2.93. The van der Waals surface area contributed by atoms with Gasteiger partial charge in [-0.25, -0.2) is 0 Å². The van der Waals surface area contributed by atoms with Crippen molar-refractivity contribution in [3.63, 3.8) is 0 Å². The zero-order chi connectivity index (χ0) is 13.4. The Bertz CT molecular complexity index is 599. The lowest BCUT2D eigenvalue weighted by atomic mass is 9.80. The number of hydrogen-bond donors (Lipinski definition) is 2. The van der Waals surface area contributed by atoms with Crippen molar-refractivity contribution in [1.29, 1.82) is 0 Å². The molecule has 0 bridgehead atoms. The maximum Gasteiger partial charge on any atom is 0.153 e. The molecule has 3 N–H and O–H groups in total. The molecule has 2 aromatic rings. The summed E-state index contributed by atoms with van der Waals surface area (Å²) >= 11 is 0. The minimum Gasteiger partial charge on any atom is -0.497 e. The Balaban J connectivity index is 2.08. The highest BCUT2D eigenvalue weighted by molar-refractivity contribution is 5.79. The maximum atomic E-state index is 6.06. The van der Waals surface area contributed by atoms with Gasteiger partial charge >= 0.3 is 0 Å². The number of aromatic amines is 1. The lowest BCUT2D eigenvalue weighted by Gasteiger charge is -2.25. The highest BCUT2D eigenvalue weighted by Gasteiger charge is 2.26. The van der Waals surface area contributed by atoms with Crippen LogP contribution in [0.4, 0.5) is 5.82 Å². The SMILES string of the molecule is COc1ccc(-c2c(N)n[nH]c2C2CCC2)c(C)c1. The number of hydrogen-bond acceptors (Lipinski definition) is 3. The largest absolute Gasteiger partial charge is 0.497 e. The highest BCUT2D eigenvalue weighted by Crippen LogP contribution is 2.43. The predicted molar refractivity (Wildman–Crippen MR) is 76.3 cm³/mol. The third-order valence-corrected chi connectivity index (χ3v) is 4.04. The van der Waals surface area contributed by atoms with E-state index in [0.29, 0.717) is 11.7 Å². The third kappa shape index (κ3) is 1.97. The molecule has 1 aromatic heterocycles. The van der Waals surface area contributed by atoms with E-state index in [-0.39, 0.29) is 0 Å². The van der Waals surface area contributed by atoms with Gasteiger partial charge in [-0.1, -0.05) is 12.5 Å². The lowest BCUT2D eigenvalue weighted by Crippen LogP contribution is -2.10. The summed E-state index contributed by atoms with van der Waals surface area (Å²) in [5, 5.41) is 7.33. The van der Waals surface area contributed by atoms with Gasteiger partial charge in [-0.15, -0.1) is 0 Å². The standard InChI is InChI=1S/C15H19N3O/c1-9-8-11(19-2)6-7-12(9)13-14(10-4-3-5-10)17-18-15(13)16/h6-8,10H,3-5H2,1-2H3,(H3,16,17,18). The van der Waals surface area contributed by atoms with E-state index in [1.165, 1.54) is 25.0 Å². The van der Waals surface area contributed by atoms with E-state index in [1.54, 1.807) is 7.11 Å². The van der Waals surface area contributed by atoms with Crippen LogP contribution in [0.1, 0.15) is 36.4 Å². The Morgan fingerprint density at radius 2 is 2.16 bits per heavy atom. The number of aryl methyl sites for hydroxylation is 1. The van der Waals surface area contributed by atoms with E-state index >= 15 is 0 Å². The molecule has 3 rings (SSSR count). The van der Waals surface area contributed by atoms with Crippen LogP contribution in [0.5, 0.6) is 5.75 Å². The molecule has 1 aliphatic rings. The molecule has 1 fully saturated rings. The van der Waals surface area contributed by atoms with E-state index in [1.807, 2.05) is 12.1 Å². The average Bonchev–Trinajstić information content (AvgIpc) is 2.69. The van der Waals surface area contributed by atoms with Gasteiger partial charge in [-0.05, 0) is 43.0 Å². The number of H-pyrrole nitrogens is 1. The summed E-state index contributed by atoms with van der Waals surface area (Å²) in [6, 6.07) is 6.07. The van der Waals surface area contributed by atoms with Gasteiger partial charge in [0, 0.05) is 17.2 Å². The number of aromatic nitrogens is 2. The minimum atomic E-state index is 0.585. The van der Waals surface area contributed by atoms with Gasteiger partial charge in [0.15, 0.2) is 5.82 Å². The Morgan fingerprint density at radius 3 is 2.74 bits per heavy atom. The van der Waals surface area contributed by atoms with Crippen molar-refractivity contribution in [3.05, 3.63) is 29.5 Å². The first-order valence-electron chi connectivity index (χ1n) is 6.69. The molecule has 1 aromatic carbocycles. The number of ether oxygens (including phenoxy) is 1. The summed E-state index contributed by atoms with van der Waals surface area (Å²) in [7, 11) is 1.68. The second-order valence-electron chi connectivity index (χ2n) is 5.21. The van der Waals surface area contributed by atoms with E-state index in [4.69, 9.17) is 10.5 Å². The minimum absolute atomic E-state index is 0.585. The molecule has 0 atom stereocenters. The zero-order valence-corrected chi connectivity index (χ0v) is 11.4. The fourth-order valence-corrected chi connectivity index (χ4v) is 2.69. The second-order valence-corrected chi connectivity index (χ2v) is 5.21. The van der Waals surface area contributed by atoms with Crippen LogP contribution in [-0.4, -0.2) is 17.3 Å². The van der Waals surface area contributed by atoms with Crippen LogP contribution in [0.3, 0.4) is 0 Å². The fraction of sp³-hybridized carbons (Fsp3) is 0.400. The molecule has 0 amide bonds. The van der Waals surface area contributed by atoms with Crippen LogP contribution in [-0.2, 0) is 0 Å². The number of rotatable bonds is 3. The van der Waals surface area contributed by atoms with Gasteiger partial charge < -0.3 is 10.5 Å². The molecule has 100 valence electrons. The van der Waals surface area contributed by atoms with Crippen molar-refractivity contribution in [2.24, 2.45) is 0 Å². The van der Waals surface area contributed by atoms with Crippen molar-refractivity contribution in [2.45, 2.75) is 32.1 Å². The monoisotopic (exact) mass is 257 g/mol. The number of nitrogen functional groups attached to an aromatic ring is 1. The van der Waals surface area contributed by atoms with E-state index in [0.717, 1.165) is 22.4 Å². The summed E-state index contributed by atoms with van der Waals surface area (Å²) in [6.45, 7) is 2.08. The molecule has 4 heteroatoms. The number of nitrogens with two attached hydrogens (primary N) is 1. The van der Waals surface area contributed by atoms with Crippen molar-refractivity contribution >= 4 is 5.82 Å². The van der Waals surface area contributed by atoms with Gasteiger partial charge in [-0.2, -0.15) is 5.10 Å². The van der Waals surface area contributed by atoms with Gasteiger partial charge in [0.2, 0.25) is 0 Å². The van der Waals surface area contributed by atoms with Gasteiger partial charge in [0.25, 0.3) is 0 Å². The van der Waals surface area contributed by atoms with Crippen LogP contribution in [0.25, 0.3) is 11.1 Å². The molecule has 1 saturated carbocycles. The predicted octanol–water partition coefficient (Wildman–Crippen LogP) is 3.24. The number of nitrogens with zero attached hydrogens (tertiary/aromatic N) is 1. The summed E-state index contributed by atoms with van der Waals surface area (Å²) in [6.07, 6.45) is 3.75. The summed E-state index contributed by atoms with van der Waals surface area (Å²) < 4.78 is 5.25. The van der Waals surface area contributed by atoms with Crippen LogP contribution < -0.4 is 10.5 Å².